The molecule has 0 radical (unpaired) electrons. The van der Waals surface area contributed by atoms with Crippen LogP contribution in [-0.2, 0) is 9.47 Å². The summed E-state index contributed by atoms with van der Waals surface area (Å²) in [5, 5.41) is 13.4. The van der Waals surface area contributed by atoms with Crippen molar-refractivity contribution in [1.82, 2.24) is 0 Å². The van der Waals surface area contributed by atoms with Crippen molar-refractivity contribution < 1.29 is 18.8 Å². The Bertz CT molecular complexity index is 396. The Balaban J connectivity index is 2.81. The van der Waals surface area contributed by atoms with Crippen LogP contribution in [0.15, 0.2) is 18.2 Å². The predicted octanol–water partition coefficient (Wildman–Crippen LogP) is 1.76. The van der Waals surface area contributed by atoms with Gasteiger partial charge in [-0.15, -0.1) is 0 Å². The number of halogens is 1. The molecule has 0 saturated heterocycles. The van der Waals surface area contributed by atoms with E-state index in [2.05, 4.69) is 5.32 Å². The first-order valence-corrected chi connectivity index (χ1v) is 4.82. The molecule has 0 saturated carbocycles. The molecule has 17 heavy (non-hydrogen) atoms. The smallest absolute Gasteiger partial charge is 0.292 e. The first kappa shape index (κ1) is 13.3. The third kappa shape index (κ3) is 3.65. The number of hydrogen-bond donors (Lipinski definition) is 1. The number of nitro groups is 1. The molecule has 0 atom stereocenters. The second kappa shape index (κ2) is 6.12. The Kier molecular flexibility index (Phi) is 4.80. The van der Waals surface area contributed by atoms with Crippen molar-refractivity contribution in [3.63, 3.8) is 0 Å². The highest BCUT2D eigenvalue weighted by atomic mass is 19.1. The molecular formula is C10H13FN2O4. The van der Waals surface area contributed by atoms with Crippen LogP contribution in [0.5, 0.6) is 0 Å². The van der Waals surface area contributed by atoms with Gasteiger partial charge in [0, 0.05) is 26.4 Å². The lowest BCUT2D eigenvalue weighted by atomic mass is 10.2. The lowest BCUT2D eigenvalue weighted by Gasteiger charge is -2.14. The molecule has 94 valence electrons. The largest absolute Gasteiger partial charge is 0.374 e. The normalized spacial score (nSPS) is 10.6. The number of methoxy groups -OCH3 is 2. The third-order valence-corrected chi connectivity index (χ3v) is 2.14. The van der Waals surface area contributed by atoms with E-state index in [1.807, 2.05) is 0 Å². The van der Waals surface area contributed by atoms with Crippen molar-refractivity contribution in [2.45, 2.75) is 6.29 Å². The third-order valence-electron chi connectivity index (χ3n) is 2.14. The number of rotatable bonds is 6. The maximum Gasteiger partial charge on any atom is 0.292 e. The van der Waals surface area contributed by atoms with Crippen LogP contribution in [0.3, 0.4) is 0 Å². The Morgan fingerprint density at radius 1 is 1.47 bits per heavy atom. The summed E-state index contributed by atoms with van der Waals surface area (Å²) < 4.78 is 22.8. The quantitative estimate of drug-likeness (QED) is 0.469. The molecule has 1 aromatic carbocycles. The molecule has 0 fully saturated rings. The van der Waals surface area contributed by atoms with Gasteiger partial charge in [0.25, 0.3) is 5.69 Å². The standard InChI is InChI=1S/C10H13FN2O4/c1-16-10(17-2)6-12-8-5-7(11)3-4-9(8)13(14)15/h3-5,10,12H,6H2,1-2H3. The molecule has 1 N–H and O–H groups in total. The van der Waals surface area contributed by atoms with Crippen LogP contribution in [0, 0.1) is 15.9 Å². The molecule has 1 rings (SSSR count). The lowest BCUT2D eigenvalue weighted by molar-refractivity contribution is -0.384. The number of anilines is 1. The molecule has 0 aliphatic heterocycles. The van der Waals surface area contributed by atoms with E-state index < -0.39 is 17.0 Å². The molecule has 0 bridgehead atoms. The van der Waals surface area contributed by atoms with E-state index in [1.54, 1.807) is 0 Å². The summed E-state index contributed by atoms with van der Waals surface area (Å²) in [5.74, 6) is -0.551. The van der Waals surface area contributed by atoms with Crippen LogP contribution < -0.4 is 5.32 Å². The van der Waals surface area contributed by atoms with Gasteiger partial charge in [0.2, 0.25) is 0 Å². The van der Waals surface area contributed by atoms with Gasteiger partial charge in [-0.2, -0.15) is 0 Å². The predicted molar refractivity (Wildman–Crippen MR) is 59.4 cm³/mol. The zero-order valence-electron chi connectivity index (χ0n) is 9.47. The minimum Gasteiger partial charge on any atom is -0.374 e. The number of ether oxygens (including phenoxy) is 2. The van der Waals surface area contributed by atoms with E-state index in [-0.39, 0.29) is 17.9 Å². The van der Waals surface area contributed by atoms with E-state index in [0.717, 1.165) is 18.2 Å². The van der Waals surface area contributed by atoms with Gasteiger partial charge < -0.3 is 14.8 Å². The Morgan fingerprint density at radius 3 is 2.65 bits per heavy atom. The highest BCUT2D eigenvalue weighted by Crippen LogP contribution is 2.24. The van der Waals surface area contributed by atoms with Gasteiger partial charge in [0.05, 0.1) is 11.5 Å². The zero-order chi connectivity index (χ0) is 12.8. The van der Waals surface area contributed by atoms with Crippen molar-refractivity contribution in [3.05, 3.63) is 34.1 Å². The van der Waals surface area contributed by atoms with Crippen LogP contribution in [0.2, 0.25) is 0 Å². The summed E-state index contributed by atoms with van der Waals surface area (Å²) in [6.07, 6.45) is -0.558. The average molecular weight is 244 g/mol. The summed E-state index contributed by atoms with van der Waals surface area (Å²) >= 11 is 0. The lowest BCUT2D eigenvalue weighted by Crippen LogP contribution is -2.23. The van der Waals surface area contributed by atoms with E-state index in [9.17, 15) is 14.5 Å². The molecule has 0 aromatic heterocycles. The first-order chi connectivity index (χ1) is 8.08. The molecule has 0 aliphatic rings. The Labute approximate surface area is 97.5 Å². The topological polar surface area (TPSA) is 73.6 Å². The fraction of sp³-hybridized carbons (Fsp3) is 0.400. The van der Waals surface area contributed by atoms with Gasteiger partial charge in [0.15, 0.2) is 6.29 Å². The molecular weight excluding hydrogens is 231 g/mol. The number of nitrogens with one attached hydrogen (secondary N) is 1. The van der Waals surface area contributed by atoms with Crippen molar-refractivity contribution in [3.8, 4) is 0 Å². The summed E-state index contributed by atoms with van der Waals surface area (Å²) in [7, 11) is 2.88. The Morgan fingerprint density at radius 2 is 2.12 bits per heavy atom. The van der Waals surface area contributed by atoms with Gasteiger partial charge >= 0.3 is 0 Å². The maximum atomic E-state index is 13.0. The van der Waals surface area contributed by atoms with Crippen molar-refractivity contribution >= 4 is 11.4 Å². The van der Waals surface area contributed by atoms with E-state index >= 15 is 0 Å². The average Bonchev–Trinajstić information content (AvgIpc) is 2.30. The van der Waals surface area contributed by atoms with Gasteiger partial charge in [0.1, 0.15) is 11.5 Å². The van der Waals surface area contributed by atoms with Crippen LogP contribution in [0.1, 0.15) is 0 Å². The monoisotopic (exact) mass is 244 g/mol. The van der Waals surface area contributed by atoms with Gasteiger partial charge in [-0.3, -0.25) is 10.1 Å². The summed E-state index contributed by atoms with van der Waals surface area (Å²) in [6, 6.07) is 3.19. The molecule has 0 unspecified atom stereocenters. The van der Waals surface area contributed by atoms with Crippen LogP contribution in [0.4, 0.5) is 15.8 Å². The zero-order valence-corrected chi connectivity index (χ0v) is 9.47. The molecule has 7 heteroatoms. The molecule has 0 heterocycles. The minimum atomic E-state index is -0.587. The van der Waals surface area contributed by atoms with E-state index in [0.29, 0.717) is 0 Å². The van der Waals surface area contributed by atoms with Crippen LogP contribution in [0.25, 0.3) is 0 Å². The highest BCUT2D eigenvalue weighted by molar-refractivity contribution is 5.61. The van der Waals surface area contributed by atoms with E-state index in [4.69, 9.17) is 9.47 Å². The molecule has 1 aromatic rings. The molecule has 0 spiro atoms. The van der Waals surface area contributed by atoms with E-state index in [1.165, 1.54) is 14.2 Å². The second-order valence-electron chi connectivity index (χ2n) is 3.20. The fourth-order valence-electron chi connectivity index (χ4n) is 1.27. The van der Waals surface area contributed by atoms with Crippen molar-refractivity contribution in [2.75, 3.05) is 26.1 Å². The van der Waals surface area contributed by atoms with Crippen molar-refractivity contribution in [2.24, 2.45) is 0 Å². The minimum absolute atomic E-state index is 0.0918. The fourth-order valence-corrected chi connectivity index (χ4v) is 1.27. The SMILES string of the molecule is COC(CNc1cc(F)ccc1[N+](=O)[O-])OC. The summed E-state index contributed by atoms with van der Waals surface area (Å²) in [5.41, 5.74) is -0.105. The van der Waals surface area contributed by atoms with Crippen LogP contribution >= 0.6 is 0 Å². The second-order valence-corrected chi connectivity index (χ2v) is 3.20. The summed E-state index contributed by atoms with van der Waals surface area (Å²) in [4.78, 5) is 10.1. The van der Waals surface area contributed by atoms with Crippen LogP contribution in [-0.4, -0.2) is 32.0 Å². The van der Waals surface area contributed by atoms with Gasteiger partial charge in [-0.25, -0.2) is 4.39 Å². The number of nitro benzene ring substituents is 1. The molecule has 0 amide bonds. The number of benzene rings is 1. The van der Waals surface area contributed by atoms with Gasteiger partial charge in [-0.05, 0) is 6.07 Å². The number of hydrogen-bond acceptors (Lipinski definition) is 5. The number of nitrogens with zero attached hydrogens (tertiary/aromatic N) is 1. The Hall–Kier alpha value is -1.73. The van der Waals surface area contributed by atoms with Crippen molar-refractivity contribution in [1.29, 1.82) is 0 Å². The summed E-state index contributed by atoms with van der Waals surface area (Å²) in [6.45, 7) is 0.178. The van der Waals surface area contributed by atoms with Gasteiger partial charge in [-0.1, -0.05) is 0 Å². The highest BCUT2D eigenvalue weighted by Gasteiger charge is 2.15. The maximum absolute atomic E-state index is 13.0. The first-order valence-electron chi connectivity index (χ1n) is 4.82. The molecule has 0 aliphatic carbocycles. The molecule has 6 nitrogen and oxygen atoms in total.